The fourth-order valence-corrected chi connectivity index (χ4v) is 3.62. The first-order chi connectivity index (χ1) is 9.73. The number of anilines is 1. The van der Waals surface area contributed by atoms with E-state index in [-0.39, 0.29) is 23.0 Å². The van der Waals surface area contributed by atoms with Crippen LogP contribution in [0.25, 0.3) is 0 Å². The molecule has 0 aromatic heterocycles. The lowest BCUT2D eigenvalue weighted by atomic mass is 10.3. The maximum Gasteiger partial charge on any atom is 0.245 e. The van der Waals surface area contributed by atoms with Gasteiger partial charge < -0.3 is 10.6 Å². The summed E-state index contributed by atoms with van der Waals surface area (Å²) in [5, 5.41) is 0. The van der Waals surface area contributed by atoms with Crippen LogP contribution in [0.2, 0.25) is 0 Å². The molecule has 1 amide bonds. The van der Waals surface area contributed by atoms with Crippen molar-refractivity contribution in [3.63, 3.8) is 0 Å². The number of benzene rings is 1. The van der Waals surface area contributed by atoms with Crippen LogP contribution in [-0.2, 0) is 14.8 Å². The number of nitrogens with two attached hydrogens (primary N) is 1. The number of halogens is 1. The van der Waals surface area contributed by atoms with Crippen molar-refractivity contribution >= 4 is 37.5 Å². The maximum atomic E-state index is 12.5. The van der Waals surface area contributed by atoms with E-state index >= 15 is 0 Å². The number of nitrogens with zero attached hydrogens (tertiary/aromatic N) is 2. The average molecular weight is 378 g/mol. The molecule has 118 valence electrons. The van der Waals surface area contributed by atoms with Crippen LogP contribution >= 0.6 is 15.9 Å². The van der Waals surface area contributed by atoms with Gasteiger partial charge in [0.2, 0.25) is 15.9 Å². The van der Waals surface area contributed by atoms with Crippen LogP contribution in [0, 0.1) is 0 Å². The summed E-state index contributed by atoms with van der Waals surface area (Å²) in [4.78, 5) is 13.6. The molecule has 0 aliphatic rings. The molecule has 1 aromatic rings. The molecule has 0 saturated heterocycles. The second-order valence-electron chi connectivity index (χ2n) is 4.51. The summed E-state index contributed by atoms with van der Waals surface area (Å²) in [5.74, 6) is -0.236. The number of carbonyl (C=O) groups is 1. The van der Waals surface area contributed by atoms with Crippen LogP contribution in [0.15, 0.2) is 27.6 Å². The van der Waals surface area contributed by atoms with Gasteiger partial charge in [0.25, 0.3) is 0 Å². The Hall–Kier alpha value is -1.12. The van der Waals surface area contributed by atoms with Crippen molar-refractivity contribution in [3.8, 4) is 0 Å². The van der Waals surface area contributed by atoms with Gasteiger partial charge in [0.15, 0.2) is 0 Å². The molecule has 0 spiro atoms. The highest BCUT2D eigenvalue weighted by atomic mass is 79.9. The van der Waals surface area contributed by atoms with Crippen LogP contribution in [-0.4, -0.2) is 50.2 Å². The number of nitrogen functional groups attached to an aromatic ring is 1. The molecule has 0 saturated carbocycles. The third-order valence-electron chi connectivity index (χ3n) is 3.14. The van der Waals surface area contributed by atoms with Crippen LogP contribution in [0.5, 0.6) is 0 Å². The minimum Gasteiger partial charge on any atom is -0.398 e. The summed E-state index contributed by atoms with van der Waals surface area (Å²) in [6.07, 6.45) is 0. The quantitative estimate of drug-likeness (QED) is 0.761. The van der Waals surface area contributed by atoms with Gasteiger partial charge in [-0.2, -0.15) is 4.31 Å². The lowest BCUT2D eigenvalue weighted by molar-refractivity contribution is -0.130. The summed E-state index contributed by atoms with van der Waals surface area (Å²) in [7, 11) is -2.43. The number of carbonyl (C=O) groups excluding carboxylic acids is 1. The Bertz CT molecular complexity index is 615. The molecule has 0 aliphatic carbocycles. The van der Waals surface area contributed by atoms with Crippen molar-refractivity contribution < 1.29 is 13.2 Å². The molecule has 2 N–H and O–H groups in total. The average Bonchev–Trinajstić information content (AvgIpc) is 2.42. The molecule has 0 unspecified atom stereocenters. The van der Waals surface area contributed by atoms with Gasteiger partial charge >= 0.3 is 0 Å². The van der Waals surface area contributed by atoms with Crippen molar-refractivity contribution in [2.45, 2.75) is 18.7 Å². The molecule has 0 heterocycles. The van der Waals surface area contributed by atoms with Crippen molar-refractivity contribution in [3.05, 3.63) is 22.7 Å². The predicted octanol–water partition coefficient (Wildman–Crippen LogP) is 1.52. The molecular formula is C13H20BrN3O3S. The first-order valence-corrected chi connectivity index (χ1v) is 8.76. The minimum atomic E-state index is -3.81. The summed E-state index contributed by atoms with van der Waals surface area (Å²) in [6.45, 7) is 4.57. The van der Waals surface area contributed by atoms with Gasteiger partial charge in [-0.25, -0.2) is 8.42 Å². The molecule has 1 aromatic carbocycles. The van der Waals surface area contributed by atoms with Gasteiger partial charge in [-0.15, -0.1) is 0 Å². The number of sulfonamides is 1. The Morgan fingerprint density at radius 2 is 1.86 bits per heavy atom. The number of hydrogen-bond donors (Lipinski definition) is 1. The fourth-order valence-electron chi connectivity index (χ4n) is 1.85. The Kier molecular flexibility index (Phi) is 6.18. The molecule has 21 heavy (non-hydrogen) atoms. The van der Waals surface area contributed by atoms with Gasteiger partial charge in [0, 0.05) is 24.6 Å². The minimum absolute atomic E-state index is 0.00766. The van der Waals surface area contributed by atoms with E-state index in [4.69, 9.17) is 5.73 Å². The summed E-state index contributed by atoms with van der Waals surface area (Å²) in [5.41, 5.74) is 5.89. The molecule has 0 bridgehead atoms. The van der Waals surface area contributed by atoms with Gasteiger partial charge in [-0.1, -0.05) is 15.9 Å². The van der Waals surface area contributed by atoms with Gasteiger partial charge in [-0.3, -0.25) is 4.79 Å². The van der Waals surface area contributed by atoms with E-state index in [9.17, 15) is 13.2 Å². The van der Waals surface area contributed by atoms with Crippen LogP contribution in [0.4, 0.5) is 5.69 Å². The number of amides is 1. The smallest absolute Gasteiger partial charge is 0.245 e. The van der Waals surface area contributed by atoms with Crippen LogP contribution in [0.1, 0.15) is 13.8 Å². The normalized spacial score (nSPS) is 11.7. The van der Waals surface area contributed by atoms with Crippen molar-refractivity contribution in [2.24, 2.45) is 0 Å². The van der Waals surface area contributed by atoms with E-state index in [1.54, 1.807) is 11.0 Å². The zero-order chi connectivity index (χ0) is 16.2. The van der Waals surface area contributed by atoms with Gasteiger partial charge in [0.1, 0.15) is 4.90 Å². The topological polar surface area (TPSA) is 83.7 Å². The molecule has 0 aliphatic heterocycles. The summed E-state index contributed by atoms with van der Waals surface area (Å²) < 4.78 is 26.6. The zero-order valence-corrected chi connectivity index (χ0v) is 14.7. The van der Waals surface area contributed by atoms with E-state index in [1.807, 2.05) is 13.8 Å². The summed E-state index contributed by atoms with van der Waals surface area (Å²) in [6, 6.07) is 4.61. The molecule has 6 nitrogen and oxygen atoms in total. The Morgan fingerprint density at radius 3 is 2.38 bits per heavy atom. The summed E-state index contributed by atoms with van der Waals surface area (Å²) >= 11 is 3.22. The molecule has 8 heteroatoms. The highest BCUT2D eigenvalue weighted by Gasteiger charge is 2.26. The first kappa shape index (κ1) is 17.9. The standard InChI is InChI=1S/C13H20BrN3O3S/c1-4-17(5-2)13(18)9-16(3)21(19,20)12-8-10(14)6-7-11(12)15/h6-8H,4-5,9,15H2,1-3H3. The van der Waals surface area contributed by atoms with E-state index in [0.717, 1.165) is 4.31 Å². The van der Waals surface area contributed by atoms with E-state index in [2.05, 4.69) is 15.9 Å². The highest BCUT2D eigenvalue weighted by molar-refractivity contribution is 9.10. The predicted molar refractivity (Wildman–Crippen MR) is 86.3 cm³/mol. The lowest BCUT2D eigenvalue weighted by Gasteiger charge is -2.23. The highest BCUT2D eigenvalue weighted by Crippen LogP contribution is 2.25. The molecule has 0 atom stereocenters. The van der Waals surface area contributed by atoms with Crippen LogP contribution < -0.4 is 5.73 Å². The first-order valence-electron chi connectivity index (χ1n) is 6.53. The Morgan fingerprint density at radius 1 is 1.29 bits per heavy atom. The zero-order valence-electron chi connectivity index (χ0n) is 12.3. The third kappa shape index (κ3) is 4.18. The molecular weight excluding hydrogens is 358 g/mol. The van der Waals surface area contributed by atoms with E-state index < -0.39 is 10.0 Å². The van der Waals surface area contributed by atoms with Crippen molar-refractivity contribution in [1.29, 1.82) is 0 Å². The number of rotatable bonds is 6. The van der Waals surface area contributed by atoms with Gasteiger partial charge in [0.05, 0.1) is 12.2 Å². The number of likely N-dealkylation sites (N-methyl/N-ethyl adjacent to an activating group) is 2. The van der Waals surface area contributed by atoms with Crippen molar-refractivity contribution in [1.82, 2.24) is 9.21 Å². The van der Waals surface area contributed by atoms with Crippen molar-refractivity contribution in [2.75, 3.05) is 32.4 Å². The second-order valence-corrected chi connectivity index (χ2v) is 7.44. The SMILES string of the molecule is CCN(CC)C(=O)CN(C)S(=O)(=O)c1cc(Br)ccc1N. The lowest BCUT2D eigenvalue weighted by Crippen LogP contribution is -2.41. The Labute approximate surface area is 134 Å². The maximum absolute atomic E-state index is 12.5. The van der Waals surface area contributed by atoms with E-state index in [1.165, 1.54) is 19.2 Å². The van der Waals surface area contributed by atoms with E-state index in [0.29, 0.717) is 17.6 Å². The number of hydrogen-bond acceptors (Lipinski definition) is 4. The fraction of sp³-hybridized carbons (Fsp3) is 0.462. The van der Waals surface area contributed by atoms with Gasteiger partial charge in [-0.05, 0) is 32.0 Å². The molecule has 0 radical (unpaired) electrons. The monoisotopic (exact) mass is 377 g/mol. The third-order valence-corrected chi connectivity index (χ3v) is 5.49. The molecule has 0 fully saturated rings. The Balaban J connectivity index is 3.02. The largest absolute Gasteiger partial charge is 0.398 e. The van der Waals surface area contributed by atoms with Crippen LogP contribution in [0.3, 0.4) is 0 Å². The molecule has 1 rings (SSSR count). The second kappa shape index (κ2) is 7.24.